The van der Waals surface area contributed by atoms with Gasteiger partial charge in [-0.1, -0.05) is 57.8 Å². The molecule has 2 heteroatoms. The average molecular weight is 217 g/mol. The van der Waals surface area contributed by atoms with Gasteiger partial charge in [0.25, 0.3) is 0 Å². The SMILES string of the molecule is C=C/C(=C\N(C)/C(C=C)=C/CCC)B(C)C. The van der Waals surface area contributed by atoms with Gasteiger partial charge in [-0.2, -0.15) is 0 Å². The van der Waals surface area contributed by atoms with E-state index in [1.165, 1.54) is 5.47 Å². The molecule has 0 saturated heterocycles. The van der Waals surface area contributed by atoms with Crippen LogP contribution in [0.1, 0.15) is 19.8 Å². The van der Waals surface area contributed by atoms with Crippen molar-refractivity contribution >= 4 is 6.71 Å². The number of rotatable bonds is 7. The summed E-state index contributed by atoms with van der Waals surface area (Å²) >= 11 is 0. The third kappa shape index (κ3) is 5.06. The summed E-state index contributed by atoms with van der Waals surface area (Å²) in [7, 11) is 2.05. The van der Waals surface area contributed by atoms with Gasteiger partial charge >= 0.3 is 0 Å². The molecule has 0 aromatic carbocycles. The fourth-order valence-corrected chi connectivity index (χ4v) is 1.40. The lowest BCUT2D eigenvalue weighted by molar-refractivity contribution is 0.582. The van der Waals surface area contributed by atoms with Crippen molar-refractivity contribution in [2.75, 3.05) is 7.05 Å². The molecule has 0 aliphatic carbocycles. The van der Waals surface area contributed by atoms with Crippen molar-refractivity contribution in [3.05, 3.63) is 48.8 Å². The van der Waals surface area contributed by atoms with E-state index in [2.05, 4.69) is 58.0 Å². The molecule has 0 rings (SSSR count). The molecule has 0 radical (unpaired) electrons. The van der Waals surface area contributed by atoms with E-state index in [1.807, 2.05) is 12.2 Å². The maximum atomic E-state index is 3.85. The summed E-state index contributed by atoms with van der Waals surface area (Å²) in [5.41, 5.74) is 2.40. The van der Waals surface area contributed by atoms with Crippen molar-refractivity contribution < 1.29 is 0 Å². The molecule has 88 valence electrons. The van der Waals surface area contributed by atoms with Gasteiger partial charge in [-0.05, 0) is 18.7 Å². The molecule has 0 unspecified atom stereocenters. The first-order valence-corrected chi connectivity index (χ1v) is 5.96. The molecular formula is C14H24BN. The van der Waals surface area contributed by atoms with Crippen molar-refractivity contribution in [3.8, 4) is 0 Å². The Morgan fingerprint density at radius 2 is 1.88 bits per heavy atom. The standard InChI is InChI=1S/C14H24BN/c1-7-10-11-14(9-3)16(6)12-13(8-2)15(4)5/h8-9,11-12H,2-3,7,10H2,1,4-6H3/b13-12+,14-11+. The molecule has 0 amide bonds. The Hall–Kier alpha value is -1.18. The van der Waals surface area contributed by atoms with E-state index in [0.717, 1.165) is 18.5 Å². The largest absolute Gasteiger partial charge is 0.352 e. The number of hydrogen-bond acceptors (Lipinski definition) is 1. The Kier molecular flexibility index (Phi) is 7.44. The first-order valence-electron chi connectivity index (χ1n) is 5.96. The minimum Gasteiger partial charge on any atom is -0.352 e. The van der Waals surface area contributed by atoms with Crippen LogP contribution in [0.5, 0.6) is 0 Å². The van der Waals surface area contributed by atoms with Crippen LogP contribution in [0.2, 0.25) is 13.6 Å². The predicted molar refractivity (Wildman–Crippen MR) is 76.7 cm³/mol. The fourth-order valence-electron chi connectivity index (χ4n) is 1.40. The van der Waals surface area contributed by atoms with E-state index in [4.69, 9.17) is 0 Å². The second-order valence-corrected chi connectivity index (χ2v) is 4.22. The van der Waals surface area contributed by atoms with E-state index in [0.29, 0.717) is 6.71 Å². The van der Waals surface area contributed by atoms with Crippen molar-refractivity contribution in [1.29, 1.82) is 0 Å². The highest BCUT2D eigenvalue weighted by atomic mass is 15.1. The first kappa shape index (κ1) is 14.8. The van der Waals surface area contributed by atoms with Crippen LogP contribution in [0.25, 0.3) is 0 Å². The zero-order chi connectivity index (χ0) is 12.6. The fraction of sp³-hybridized carbons (Fsp3) is 0.429. The lowest BCUT2D eigenvalue weighted by Crippen LogP contribution is -2.13. The molecular weight excluding hydrogens is 193 g/mol. The topological polar surface area (TPSA) is 3.24 Å². The summed E-state index contributed by atoms with van der Waals surface area (Å²) in [4.78, 5) is 2.11. The van der Waals surface area contributed by atoms with Crippen LogP contribution in [0.4, 0.5) is 0 Å². The zero-order valence-corrected chi connectivity index (χ0v) is 11.2. The van der Waals surface area contributed by atoms with Crippen LogP contribution in [0.15, 0.2) is 48.8 Å². The first-order chi connectivity index (χ1) is 7.56. The lowest BCUT2D eigenvalue weighted by Gasteiger charge is -2.18. The van der Waals surface area contributed by atoms with Gasteiger partial charge in [0.1, 0.15) is 0 Å². The zero-order valence-electron chi connectivity index (χ0n) is 11.2. The van der Waals surface area contributed by atoms with Crippen LogP contribution in [-0.4, -0.2) is 18.7 Å². The van der Waals surface area contributed by atoms with Gasteiger partial charge < -0.3 is 4.90 Å². The van der Waals surface area contributed by atoms with Crippen LogP contribution < -0.4 is 0 Å². The Balaban J connectivity index is 4.81. The van der Waals surface area contributed by atoms with Crippen molar-refractivity contribution in [2.24, 2.45) is 0 Å². The summed E-state index contributed by atoms with van der Waals surface area (Å²) < 4.78 is 0. The van der Waals surface area contributed by atoms with Gasteiger partial charge in [0.2, 0.25) is 0 Å². The summed E-state index contributed by atoms with van der Waals surface area (Å²) in [6.07, 6.45) is 10.4. The van der Waals surface area contributed by atoms with Gasteiger partial charge in [-0.15, -0.1) is 0 Å². The molecule has 0 spiro atoms. The van der Waals surface area contributed by atoms with Gasteiger partial charge in [-0.3, -0.25) is 0 Å². The van der Waals surface area contributed by atoms with Crippen molar-refractivity contribution in [3.63, 3.8) is 0 Å². The summed E-state index contributed by atoms with van der Waals surface area (Å²) in [5, 5.41) is 0. The van der Waals surface area contributed by atoms with Crippen molar-refractivity contribution in [1.82, 2.24) is 4.90 Å². The summed E-state index contributed by atoms with van der Waals surface area (Å²) in [6, 6.07) is 0. The maximum absolute atomic E-state index is 3.85. The Labute approximate surface area is 101 Å². The molecule has 16 heavy (non-hydrogen) atoms. The predicted octanol–water partition coefficient (Wildman–Crippen LogP) is 4.15. The average Bonchev–Trinajstić information content (AvgIpc) is 2.26. The maximum Gasteiger partial charge on any atom is 0.171 e. The molecule has 0 aromatic rings. The van der Waals surface area contributed by atoms with E-state index in [-0.39, 0.29) is 0 Å². The second-order valence-electron chi connectivity index (χ2n) is 4.22. The van der Waals surface area contributed by atoms with Gasteiger partial charge in [0.15, 0.2) is 6.71 Å². The molecule has 0 atom stereocenters. The van der Waals surface area contributed by atoms with Gasteiger partial charge in [-0.25, -0.2) is 0 Å². The normalized spacial score (nSPS) is 12.2. The molecule has 0 N–H and O–H groups in total. The van der Waals surface area contributed by atoms with Crippen LogP contribution in [-0.2, 0) is 0 Å². The van der Waals surface area contributed by atoms with Gasteiger partial charge in [0.05, 0.1) is 0 Å². The molecule has 0 saturated carbocycles. The lowest BCUT2D eigenvalue weighted by atomic mass is 9.49. The van der Waals surface area contributed by atoms with Crippen LogP contribution >= 0.6 is 0 Å². The van der Waals surface area contributed by atoms with E-state index < -0.39 is 0 Å². The molecule has 0 fully saturated rings. The summed E-state index contributed by atoms with van der Waals surface area (Å²) in [5.74, 6) is 0. The number of likely N-dealkylation sites (N-methyl/N-ethyl adjacent to an activating group) is 1. The highest BCUT2D eigenvalue weighted by Gasteiger charge is 2.05. The Bertz CT molecular complexity index is 287. The van der Waals surface area contributed by atoms with Crippen molar-refractivity contribution in [2.45, 2.75) is 33.4 Å². The number of allylic oxidation sites excluding steroid dienone is 4. The van der Waals surface area contributed by atoms with E-state index in [1.54, 1.807) is 0 Å². The van der Waals surface area contributed by atoms with E-state index >= 15 is 0 Å². The highest BCUT2D eigenvalue weighted by molar-refractivity contribution is 6.64. The third-order valence-electron chi connectivity index (χ3n) is 2.50. The number of unbranched alkanes of at least 4 members (excludes halogenated alkanes) is 1. The quantitative estimate of drug-likeness (QED) is 0.457. The monoisotopic (exact) mass is 217 g/mol. The highest BCUT2D eigenvalue weighted by Crippen LogP contribution is 2.10. The molecule has 0 heterocycles. The minimum absolute atomic E-state index is 0.497. The number of nitrogens with zero attached hydrogens (tertiary/aromatic N) is 1. The van der Waals surface area contributed by atoms with E-state index in [9.17, 15) is 0 Å². The molecule has 0 aliphatic heterocycles. The second kappa shape index (κ2) is 8.03. The van der Waals surface area contributed by atoms with Crippen LogP contribution in [0, 0.1) is 0 Å². The Morgan fingerprint density at radius 1 is 1.25 bits per heavy atom. The molecule has 1 nitrogen and oxygen atoms in total. The van der Waals surface area contributed by atoms with Crippen LogP contribution in [0.3, 0.4) is 0 Å². The summed E-state index contributed by atoms with van der Waals surface area (Å²) in [6.45, 7) is 14.7. The smallest absolute Gasteiger partial charge is 0.171 e. The third-order valence-corrected chi connectivity index (χ3v) is 2.50. The molecule has 0 bridgehead atoms. The molecule has 0 aromatic heterocycles. The minimum atomic E-state index is 0.497. The Morgan fingerprint density at radius 3 is 2.25 bits per heavy atom. The van der Waals surface area contributed by atoms with Gasteiger partial charge in [0, 0.05) is 12.7 Å². The molecule has 0 aliphatic rings. The number of hydrogen-bond donors (Lipinski definition) is 0.